The number of nitrogens with zero attached hydrogens (tertiary/aromatic N) is 1. The van der Waals surface area contributed by atoms with Crippen molar-refractivity contribution in [3.8, 4) is 11.5 Å². The molecule has 6 nitrogen and oxygen atoms in total. The van der Waals surface area contributed by atoms with Gasteiger partial charge in [0.1, 0.15) is 17.1 Å². The molecule has 0 saturated carbocycles. The first-order valence-electron chi connectivity index (χ1n) is 10.4. The fraction of sp³-hybridized carbons (Fsp3) is 0.375. The highest BCUT2D eigenvalue weighted by Gasteiger charge is 2.23. The van der Waals surface area contributed by atoms with Gasteiger partial charge in [0.2, 0.25) is 0 Å². The average Bonchev–Trinajstić information content (AvgIpc) is 3.30. The second kappa shape index (κ2) is 9.32. The Bertz CT molecular complexity index is 1040. The highest BCUT2D eigenvalue weighted by molar-refractivity contribution is 5.81. The minimum absolute atomic E-state index is 0.282. The molecule has 0 spiro atoms. The maximum absolute atomic E-state index is 12.0. The Morgan fingerprint density at radius 3 is 2.40 bits per heavy atom. The van der Waals surface area contributed by atoms with Crippen LogP contribution in [0.15, 0.2) is 57.7 Å². The van der Waals surface area contributed by atoms with Gasteiger partial charge in [-0.2, -0.15) is 0 Å². The van der Waals surface area contributed by atoms with Gasteiger partial charge in [-0.15, -0.1) is 0 Å². The van der Waals surface area contributed by atoms with Gasteiger partial charge in [-0.25, -0.2) is 4.79 Å². The second-order valence-electron chi connectivity index (χ2n) is 7.62. The molecule has 1 fully saturated rings. The molecular weight excluding hydrogens is 380 g/mol. The highest BCUT2D eigenvalue weighted by Crippen LogP contribution is 2.27. The topological polar surface area (TPSA) is 63.9 Å². The van der Waals surface area contributed by atoms with Crippen molar-refractivity contribution in [1.82, 2.24) is 10.2 Å². The molecule has 30 heavy (non-hydrogen) atoms. The molecule has 0 radical (unpaired) electrons. The van der Waals surface area contributed by atoms with Gasteiger partial charge in [0.15, 0.2) is 0 Å². The minimum atomic E-state index is -0.348. The van der Waals surface area contributed by atoms with Crippen LogP contribution in [0, 0.1) is 0 Å². The summed E-state index contributed by atoms with van der Waals surface area (Å²) in [5.41, 5.74) is 2.40. The summed E-state index contributed by atoms with van der Waals surface area (Å²) in [6.07, 6.45) is 2.47. The standard InChI is InChI=1S/C24H28N2O4/c1-28-19-7-5-17(6-8-19)22(26-11-3-4-12-26)16-25-15-18-13-24(27)30-23-14-20(29-2)9-10-21(18)23/h5-10,13-14,22,25H,3-4,11-12,15-16H2,1-2H3/t22-/m1/s1. The molecule has 0 unspecified atom stereocenters. The van der Waals surface area contributed by atoms with E-state index in [0.29, 0.717) is 17.9 Å². The van der Waals surface area contributed by atoms with Gasteiger partial charge < -0.3 is 19.2 Å². The molecule has 2 aromatic carbocycles. The molecule has 158 valence electrons. The summed E-state index contributed by atoms with van der Waals surface area (Å²) < 4.78 is 15.9. The maximum Gasteiger partial charge on any atom is 0.336 e. The van der Waals surface area contributed by atoms with Crippen LogP contribution in [0.3, 0.4) is 0 Å². The van der Waals surface area contributed by atoms with Crippen molar-refractivity contribution in [3.63, 3.8) is 0 Å². The van der Waals surface area contributed by atoms with Crippen LogP contribution < -0.4 is 20.4 Å². The summed E-state index contributed by atoms with van der Waals surface area (Å²) in [4.78, 5) is 14.6. The quantitative estimate of drug-likeness (QED) is 0.573. The van der Waals surface area contributed by atoms with Crippen LogP contribution in [0.2, 0.25) is 0 Å². The number of nitrogens with one attached hydrogen (secondary N) is 1. The summed E-state index contributed by atoms with van der Waals surface area (Å²) in [5, 5.41) is 4.49. The first kappa shape index (κ1) is 20.4. The summed E-state index contributed by atoms with van der Waals surface area (Å²) in [6.45, 7) is 3.60. The highest BCUT2D eigenvalue weighted by atomic mass is 16.5. The van der Waals surface area contributed by atoms with E-state index in [9.17, 15) is 4.79 Å². The Hall–Kier alpha value is -2.83. The first-order valence-corrected chi connectivity index (χ1v) is 10.4. The van der Waals surface area contributed by atoms with Crippen molar-refractivity contribution in [2.75, 3.05) is 33.9 Å². The van der Waals surface area contributed by atoms with Crippen LogP contribution in [-0.2, 0) is 6.54 Å². The molecule has 1 aromatic heterocycles. The van der Waals surface area contributed by atoms with E-state index in [-0.39, 0.29) is 11.7 Å². The monoisotopic (exact) mass is 408 g/mol. The molecule has 1 aliphatic rings. The van der Waals surface area contributed by atoms with Crippen LogP contribution in [0.5, 0.6) is 11.5 Å². The van der Waals surface area contributed by atoms with E-state index in [1.807, 2.05) is 24.3 Å². The molecule has 0 bridgehead atoms. The molecule has 1 aliphatic heterocycles. The maximum atomic E-state index is 12.0. The van der Waals surface area contributed by atoms with Crippen LogP contribution in [0.25, 0.3) is 11.0 Å². The van der Waals surface area contributed by atoms with Crippen LogP contribution in [-0.4, -0.2) is 38.8 Å². The summed E-state index contributed by atoms with van der Waals surface area (Å²) in [5.74, 6) is 1.54. The lowest BCUT2D eigenvalue weighted by molar-refractivity contribution is 0.238. The van der Waals surface area contributed by atoms with Crippen molar-refractivity contribution in [2.24, 2.45) is 0 Å². The fourth-order valence-electron chi connectivity index (χ4n) is 4.16. The van der Waals surface area contributed by atoms with E-state index in [0.717, 1.165) is 36.3 Å². The Morgan fingerprint density at radius 2 is 1.70 bits per heavy atom. The van der Waals surface area contributed by atoms with Gasteiger partial charge in [0.05, 0.1) is 14.2 Å². The summed E-state index contributed by atoms with van der Waals surface area (Å²) >= 11 is 0. The molecule has 4 rings (SSSR count). The molecule has 2 heterocycles. The summed E-state index contributed by atoms with van der Waals surface area (Å²) in [6, 6.07) is 15.7. The molecule has 1 atom stereocenters. The smallest absolute Gasteiger partial charge is 0.336 e. The van der Waals surface area contributed by atoms with Crippen molar-refractivity contribution in [2.45, 2.75) is 25.4 Å². The Balaban J connectivity index is 1.52. The number of likely N-dealkylation sites (tertiary alicyclic amines) is 1. The molecule has 6 heteroatoms. The second-order valence-corrected chi connectivity index (χ2v) is 7.62. The minimum Gasteiger partial charge on any atom is -0.497 e. The number of hydrogen-bond acceptors (Lipinski definition) is 6. The van der Waals surface area contributed by atoms with Crippen molar-refractivity contribution in [3.05, 3.63) is 70.1 Å². The van der Waals surface area contributed by atoms with E-state index >= 15 is 0 Å². The van der Waals surface area contributed by atoms with E-state index < -0.39 is 0 Å². The van der Waals surface area contributed by atoms with Crippen LogP contribution in [0.4, 0.5) is 0 Å². The number of fused-ring (bicyclic) bond motifs is 1. The number of hydrogen-bond donors (Lipinski definition) is 1. The van der Waals surface area contributed by atoms with Crippen LogP contribution >= 0.6 is 0 Å². The zero-order chi connectivity index (χ0) is 20.9. The van der Waals surface area contributed by atoms with Gasteiger partial charge in [-0.1, -0.05) is 12.1 Å². The third kappa shape index (κ3) is 4.50. The Labute approximate surface area is 176 Å². The largest absolute Gasteiger partial charge is 0.497 e. The molecule has 1 N–H and O–H groups in total. The molecule has 3 aromatic rings. The predicted molar refractivity (Wildman–Crippen MR) is 117 cm³/mol. The normalized spacial score (nSPS) is 15.4. The van der Waals surface area contributed by atoms with Crippen molar-refractivity contribution < 1.29 is 13.9 Å². The van der Waals surface area contributed by atoms with Gasteiger partial charge in [-0.05, 0) is 61.3 Å². The lowest BCUT2D eigenvalue weighted by Crippen LogP contribution is -2.34. The average molecular weight is 408 g/mol. The number of rotatable bonds is 8. The number of methoxy groups -OCH3 is 2. The number of ether oxygens (including phenoxy) is 2. The Kier molecular flexibility index (Phi) is 6.35. The van der Waals surface area contributed by atoms with Gasteiger partial charge >= 0.3 is 5.63 Å². The van der Waals surface area contributed by atoms with E-state index in [1.54, 1.807) is 26.4 Å². The lowest BCUT2D eigenvalue weighted by atomic mass is 10.0. The molecule has 0 amide bonds. The SMILES string of the molecule is COc1ccc([C@@H](CNCc2cc(=O)oc3cc(OC)ccc23)N2CCCC2)cc1. The van der Waals surface area contributed by atoms with Gasteiger partial charge in [0.25, 0.3) is 0 Å². The van der Waals surface area contributed by atoms with E-state index in [1.165, 1.54) is 18.4 Å². The molecular formula is C24H28N2O4. The third-order valence-corrected chi connectivity index (χ3v) is 5.77. The van der Waals surface area contributed by atoms with Gasteiger partial charge in [0, 0.05) is 36.7 Å². The van der Waals surface area contributed by atoms with E-state index in [2.05, 4.69) is 22.3 Å². The van der Waals surface area contributed by atoms with Crippen molar-refractivity contribution >= 4 is 11.0 Å². The van der Waals surface area contributed by atoms with Crippen molar-refractivity contribution in [1.29, 1.82) is 0 Å². The third-order valence-electron chi connectivity index (χ3n) is 5.77. The zero-order valence-electron chi connectivity index (χ0n) is 17.5. The van der Waals surface area contributed by atoms with Crippen LogP contribution in [0.1, 0.15) is 30.0 Å². The van der Waals surface area contributed by atoms with Gasteiger partial charge in [-0.3, -0.25) is 4.90 Å². The first-order chi connectivity index (χ1) is 14.7. The zero-order valence-corrected chi connectivity index (χ0v) is 17.5. The fourth-order valence-corrected chi connectivity index (χ4v) is 4.16. The Morgan fingerprint density at radius 1 is 1.00 bits per heavy atom. The van der Waals surface area contributed by atoms with E-state index in [4.69, 9.17) is 13.9 Å². The molecule has 1 saturated heterocycles. The molecule has 0 aliphatic carbocycles. The summed E-state index contributed by atoms with van der Waals surface area (Å²) in [7, 11) is 3.28. The lowest BCUT2D eigenvalue weighted by Gasteiger charge is -2.28. The predicted octanol–water partition coefficient (Wildman–Crippen LogP) is 3.74. The number of benzene rings is 2.